The number of amides is 1. The maximum absolute atomic E-state index is 12.8. The molecule has 194 valence electrons. The van der Waals surface area contributed by atoms with E-state index in [2.05, 4.69) is 4.90 Å². The largest absolute Gasteiger partial charge is 0.462 e. The van der Waals surface area contributed by atoms with Gasteiger partial charge in [0.05, 0.1) is 12.3 Å². The number of benzene rings is 2. The summed E-state index contributed by atoms with van der Waals surface area (Å²) in [7, 11) is 0. The van der Waals surface area contributed by atoms with Gasteiger partial charge in [0.2, 0.25) is 0 Å². The molecule has 0 radical (unpaired) electrons. The van der Waals surface area contributed by atoms with Crippen molar-refractivity contribution in [1.82, 2.24) is 9.88 Å². The van der Waals surface area contributed by atoms with E-state index in [0.717, 1.165) is 29.5 Å². The molecule has 0 aliphatic carbocycles. The first kappa shape index (κ1) is 25.1. The zero-order chi connectivity index (χ0) is 26.2. The topological polar surface area (TPSA) is 81.2 Å². The van der Waals surface area contributed by atoms with E-state index in [1.807, 2.05) is 75.4 Å². The number of carbonyl (C=O) groups excluding carboxylic acids is 2. The highest BCUT2D eigenvalue weighted by Crippen LogP contribution is 2.45. The molecule has 0 N–H and O–H groups in total. The Morgan fingerprint density at radius 1 is 0.973 bits per heavy atom. The predicted octanol–water partition coefficient (Wildman–Crippen LogP) is 5.84. The molecule has 9 heteroatoms. The molecule has 3 aromatic rings. The van der Waals surface area contributed by atoms with E-state index in [1.54, 1.807) is 11.8 Å². The zero-order valence-electron chi connectivity index (χ0n) is 21.5. The Morgan fingerprint density at radius 2 is 1.62 bits per heavy atom. The van der Waals surface area contributed by atoms with Gasteiger partial charge < -0.3 is 24.0 Å². The molecule has 0 saturated carbocycles. The number of ether oxygens (including phenoxy) is 3. The molecule has 1 aromatic heterocycles. The number of thiazole rings is 1. The molecule has 2 fully saturated rings. The van der Waals surface area contributed by atoms with Gasteiger partial charge in [-0.2, -0.15) is 0 Å². The summed E-state index contributed by atoms with van der Waals surface area (Å²) in [6.45, 7) is 10.6. The van der Waals surface area contributed by atoms with Gasteiger partial charge in [0.15, 0.2) is 5.13 Å². The van der Waals surface area contributed by atoms with Crippen LogP contribution in [0.25, 0.3) is 11.3 Å². The van der Waals surface area contributed by atoms with Crippen molar-refractivity contribution in [2.45, 2.75) is 33.3 Å². The number of esters is 1. The average molecular weight is 522 g/mol. The van der Waals surface area contributed by atoms with E-state index in [1.165, 1.54) is 11.3 Å². The van der Waals surface area contributed by atoms with Crippen molar-refractivity contribution in [3.8, 4) is 22.8 Å². The van der Waals surface area contributed by atoms with Crippen molar-refractivity contribution in [1.29, 1.82) is 0 Å². The lowest BCUT2D eigenvalue weighted by molar-refractivity contribution is -0.0453. The highest BCUT2D eigenvalue weighted by Gasteiger charge is 2.54. The van der Waals surface area contributed by atoms with E-state index < -0.39 is 5.60 Å². The van der Waals surface area contributed by atoms with Gasteiger partial charge in [-0.3, -0.25) is 0 Å². The van der Waals surface area contributed by atoms with Crippen LogP contribution in [0.3, 0.4) is 0 Å². The van der Waals surface area contributed by atoms with Gasteiger partial charge in [0.25, 0.3) is 0 Å². The predicted molar refractivity (Wildman–Crippen MR) is 142 cm³/mol. The fourth-order valence-corrected chi connectivity index (χ4v) is 5.58. The minimum atomic E-state index is -0.502. The average Bonchev–Trinajstić information content (AvgIpc) is 3.23. The summed E-state index contributed by atoms with van der Waals surface area (Å²) in [4.78, 5) is 34.3. The molecule has 37 heavy (non-hydrogen) atoms. The molecule has 2 aliphatic rings. The normalized spacial score (nSPS) is 16.1. The van der Waals surface area contributed by atoms with Crippen molar-refractivity contribution in [2.24, 2.45) is 5.41 Å². The van der Waals surface area contributed by atoms with Crippen LogP contribution in [0.4, 0.5) is 9.93 Å². The maximum atomic E-state index is 12.8. The molecule has 0 atom stereocenters. The smallest absolute Gasteiger partial charge is 0.410 e. The third-order valence-corrected chi connectivity index (χ3v) is 7.31. The molecule has 2 aliphatic heterocycles. The first-order chi connectivity index (χ1) is 17.6. The van der Waals surface area contributed by atoms with E-state index >= 15 is 0 Å². The van der Waals surface area contributed by atoms with Gasteiger partial charge in [-0.25, -0.2) is 14.6 Å². The molecule has 2 aromatic carbocycles. The summed E-state index contributed by atoms with van der Waals surface area (Å²) in [5.41, 5.74) is 0.983. The van der Waals surface area contributed by atoms with Crippen molar-refractivity contribution in [3.05, 3.63) is 59.5 Å². The van der Waals surface area contributed by atoms with Gasteiger partial charge >= 0.3 is 12.1 Å². The monoisotopic (exact) mass is 521 g/mol. The number of nitrogens with zero attached hydrogens (tertiary/aromatic N) is 3. The number of hydrogen-bond donors (Lipinski definition) is 0. The second kappa shape index (κ2) is 9.70. The van der Waals surface area contributed by atoms with Crippen LogP contribution in [0, 0.1) is 5.41 Å². The van der Waals surface area contributed by atoms with Crippen molar-refractivity contribution in [2.75, 3.05) is 37.7 Å². The van der Waals surface area contributed by atoms with Crippen LogP contribution in [0.1, 0.15) is 37.4 Å². The molecule has 5 rings (SSSR count). The number of aromatic nitrogens is 1. The number of likely N-dealkylation sites (tertiary alicyclic amines) is 1. The Balaban J connectivity index is 1.28. The van der Waals surface area contributed by atoms with Crippen LogP contribution in [-0.4, -0.2) is 60.3 Å². The lowest BCUT2D eigenvalue weighted by Gasteiger charge is -2.59. The summed E-state index contributed by atoms with van der Waals surface area (Å²) in [5, 5.41) is 0.781. The van der Waals surface area contributed by atoms with E-state index in [0.29, 0.717) is 36.0 Å². The standard InChI is InChI=1S/C28H31N3O5S/c1-5-34-24(32)23-22(19-11-13-21(14-12-19)35-20-9-7-6-8-10-20)29-25(37-23)30-15-28(16-30)17-31(18-28)26(33)36-27(2,3)4/h6-14H,5,15-18H2,1-4H3. The summed E-state index contributed by atoms with van der Waals surface area (Å²) in [6, 6.07) is 17.1. The van der Waals surface area contributed by atoms with E-state index in [4.69, 9.17) is 19.2 Å². The molecule has 1 spiro atoms. The summed E-state index contributed by atoms with van der Waals surface area (Å²) in [6.07, 6.45) is -0.266. The second-order valence-electron chi connectivity index (χ2n) is 10.5. The lowest BCUT2D eigenvalue weighted by Crippen LogP contribution is -2.73. The van der Waals surface area contributed by atoms with Gasteiger partial charge in [0, 0.05) is 37.2 Å². The number of carbonyl (C=O) groups is 2. The van der Waals surface area contributed by atoms with Crippen molar-refractivity contribution in [3.63, 3.8) is 0 Å². The molecule has 0 bridgehead atoms. The number of rotatable bonds is 6. The molecule has 2 saturated heterocycles. The van der Waals surface area contributed by atoms with Crippen LogP contribution in [-0.2, 0) is 9.47 Å². The number of anilines is 1. The van der Waals surface area contributed by atoms with Gasteiger partial charge in [-0.05, 0) is 64.1 Å². The van der Waals surface area contributed by atoms with Gasteiger partial charge in [-0.1, -0.05) is 29.5 Å². The third kappa shape index (κ3) is 5.41. The van der Waals surface area contributed by atoms with Crippen LogP contribution < -0.4 is 9.64 Å². The van der Waals surface area contributed by atoms with E-state index in [9.17, 15) is 9.59 Å². The Labute approximate surface area is 220 Å². The SMILES string of the molecule is CCOC(=O)c1sc(N2CC3(CN(C(=O)OC(C)(C)C)C3)C2)nc1-c1ccc(Oc2ccccc2)cc1. The van der Waals surface area contributed by atoms with Crippen LogP contribution >= 0.6 is 11.3 Å². The number of para-hydroxylation sites is 1. The Bertz CT molecular complexity index is 1270. The Morgan fingerprint density at radius 3 is 2.24 bits per heavy atom. The molecular formula is C28H31N3O5S. The summed E-state index contributed by atoms with van der Waals surface area (Å²) < 4.78 is 16.7. The quantitative estimate of drug-likeness (QED) is 0.377. The van der Waals surface area contributed by atoms with Crippen LogP contribution in [0.2, 0.25) is 0 Å². The lowest BCUT2D eigenvalue weighted by atomic mass is 9.73. The van der Waals surface area contributed by atoms with Crippen molar-refractivity contribution >= 4 is 28.5 Å². The van der Waals surface area contributed by atoms with Crippen LogP contribution in [0.15, 0.2) is 54.6 Å². The maximum Gasteiger partial charge on any atom is 0.410 e. The van der Waals surface area contributed by atoms with Gasteiger partial charge in [0.1, 0.15) is 22.0 Å². The Hall–Kier alpha value is -3.59. The minimum absolute atomic E-state index is 0.0588. The minimum Gasteiger partial charge on any atom is -0.462 e. The Kier molecular flexibility index (Phi) is 6.58. The fourth-order valence-electron chi connectivity index (χ4n) is 4.60. The summed E-state index contributed by atoms with van der Waals surface area (Å²) in [5.74, 6) is 1.08. The zero-order valence-corrected chi connectivity index (χ0v) is 22.3. The van der Waals surface area contributed by atoms with Crippen molar-refractivity contribution < 1.29 is 23.8 Å². The van der Waals surface area contributed by atoms with Crippen LogP contribution in [0.5, 0.6) is 11.5 Å². The second-order valence-corrected chi connectivity index (χ2v) is 11.5. The number of hydrogen-bond acceptors (Lipinski definition) is 8. The molecular weight excluding hydrogens is 490 g/mol. The van der Waals surface area contributed by atoms with Gasteiger partial charge in [-0.15, -0.1) is 0 Å². The highest BCUT2D eigenvalue weighted by molar-refractivity contribution is 7.18. The first-order valence-corrected chi connectivity index (χ1v) is 13.2. The summed E-state index contributed by atoms with van der Waals surface area (Å²) >= 11 is 1.35. The molecule has 8 nitrogen and oxygen atoms in total. The molecule has 1 amide bonds. The van der Waals surface area contributed by atoms with E-state index in [-0.39, 0.29) is 17.5 Å². The third-order valence-electron chi connectivity index (χ3n) is 6.21. The molecule has 0 unspecified atom stereocenters. The first-order valence-electron chi connectivity index (χ1n) is 12.4. The fraction of sp³-hybridized carbons (Fsp3) is 0.393. The highest BCUT2D eigenvalue weighted by atomic mass is 32.1. The molecule has 3 heterocycles.